The van der Waals surface area contributed by atoms with Gasteiger partial charge in [0.1, 0.15) is 6.54 Å². The molecule has 0 aromatic rings. The van der Waals surface area contributed by atoms with Gasteiger partial charge < -0.3 is 15.4 Å². The summed E-state index contributed by atoms with van der Waals surface area (Å²) in [7, 11) is 1.61. The molecule has 2 N–H and O–H groups in total. The van der Waals surface area contributed by atoms with Crippen LogP contribution in [-0.4, -0.2) is 38.6 Å². The van der Waals surface area contributed by atoms with Gasteiger partial charge in [-0.15, -0.1) is 0 Å². The molecule has 0 saturated heterocycles. The predicted octanol–water partition coefficient (Wildman–Crippen LogP) is -0.831. The maximum Gasteiger partial charge on any atom is 0.310 e. The van der Waals surface area contributed by atoms with Gasteiger partial charge in [0.15, 0.2) is 0 Å². The van der Waals surface area contributed by atoms with E-state index in [9.17, 15) is 9.59 Å². The van der Waals surface area contributed by atoms with Crippen LogP contribution < -0.4 is 10.6 Å². The largest absolute Gasteiger partial charge is 0.385 e. The van der Waals surface area contributed by atoms with Crippen molar-refractivity contribution in [1.82, 2.24) is 10.6 Å². The first kappa shape index (κ1) is 13.4. The SMILES string of the molecule is COCCCCNC(=O)C(=O)NCC#N. The van der Waals surface area contributed by atoms with Gasteiger partial charge in [0, 0.05) is 20.3 Å². The van der Waals surface area contributed by atoms with Gasteiger partial charge in [0.05, 0.1) is 6.07 Å². The molecular weight excluding hydrogens is 198 g/mol. The number of rotatable bonds is 6. The number of nitriles is 1. The maximum absolute atomic E-state index is 11.0. The number of unbranched alkanes of at least 4 members (excludes halogenated alkanes) is 1. The van der Waals surface area contributed by atoms with E-state index < -0.39 is 11.8 Å². The normalized spacial score (nSPS) is 9.07. The molecule has 0 spiro atoms. The van der Waals surface area contributed by atoms with Crippen LogP contribution in [0.5, 0.6) is 0 Å². The Kier molecular flexibility index (Phi) is 8.00. The summed E-state index contributed by atoms with van der Waals surface area (Å²) < 4.78 is 4.82. The van der Waals surface area contributed by atoms with Crippen LogP contribution in [0, 0.1) is 11.3 Å². The predicted molar refractivity (Wildman–Crippen MR) is 52.7 cm³/mol. The third-order valence-electron chi connectivity index (χ3n) is 1.60. The molecule has 0 fully saturated rings. The van der Waals surface area contributed by atoms with Gasteiger partial charge in [0.2, 0.25) is 0 Å². The van der Waals surface area contributed by atoms with E-state index in [1.54, 1.807) is 13.2 Å². The molecule has 0 unspecified atom stereocenters. The Hall–Kier alpha value is -1.61. The highest BCUT2D eigenvalue weighted by atomic mass is 16.5. The minimum atomic E-state index is -0.775. The van der Waals surface area contributed by atoms with Gasteiger partial charge in [-0.3, -0.25) is 9.59 Å². The number of carbonyl (C=O) groups excluding carboxylic acids is 2. The topological polar surface area (TPSA) is 91.2 Å². The second kappa shape index (κ2) is 8.97. The van der Waals surface area contributed by atoms with E-state index in [-0.39, 0.29) is 6.54 Å². The highest BCUT2D eigenvalue weighted by Gasteiger charge is 2.10. The van der Waals surface area contributed by atoms with E-state index >= 15 is 0 Å². The summed E-state index contributed by atoms with van der Waals surface area (Å²) in [4.78, 5) is 21.9. The van der Waals surface area contributed by atoms with Crippen LogP contribution in [0.15, 0.2) is 0 Å². The number of ether oxygens (including phenoxy) is 1. The Morgan fingerprint density at radius 1 is 1.27 bits per heavy atom. The summed E-state index contributed by atoms with van der Waals surface area (Å²) in [5, 5.41) is 12.7. The van der Waals surface area contributed by atoms with Crippen LogP contribution in [0.2, 0.25) is 0 Å². The van der Waals surface area contributed by atoms with E-state index in [2.05, 4.69) is 10.6 Å². The number of carbonyl (C=O) groups is 2. The van der Waals surface area contributed by atoms with Crippen LogP contribution in [0.25, 0.3) is 0 Å². The van der Waals surface area contributed by atoms with Gasteiger partial charge >= 0.3 is 11.8 Å². The van der Waals surface area contributed by atoms with Crippen LogP contribution in [0.3, 0.4) is 0 Å². The average molecular weight is 213 g/mol. The molecule has 0 rings (SSSR count). The molecule has 2 amide bonds. The molecule has 0 aromatic heterocycles. The maximum atomic E-state index is 11.0. The van der Waals surface area contributed by atoms with Crippen molar-refractivity contribution < 1.29 is 14.3 Å². The summed E-state index contributed by atoms with van der Waals surface area (Å²) in [6.45, 7) is 0.911. The van der Waals surface area contributed by atoms with Crippen molar-refractivity contribution >= 4 is 11.8 Å². The molecule has 0 aliphatic heterocycles. The van der Waals surface area contributed by atoms with Crippen molar-refractivity contribution in [1.29, 1.82) is 5.26 Å². The minimum absolute atomic E-state index is 0.157. The number of hydrogen-bond acceptors (Lipinski definition) is 4. The third-order valence-corrected chi connectivity index (χ3v) is 1.60. The summed E-state index contributed by atoms with van der Waals surface area (Å²) in [5.74, 6) is -1.48. The Morgan fingerprint density at radius 2 is 1.93 bits per heavy atom. The van der Waals surface area contributed by atoms with Crippen LogP contribution in [0.4, 0.5) is 0 Å². The zero-order valence-corrected chi connectivity index (χ0v) is 8.71. The number of nitrogens with zero attached hydrogens (tertiary/aromatic N) is 1. The monoisotopic (exact) mass is 213 g/mol. The molecule has 0 bridgehead atoms. The summed E-state index contributed by atoms with van der Waals surface area (Å²) >= 11 is 0. The summed E-state index contributed by atoms with van der Waals surface area (Å²) in [6.07, 6.45) is 1.59. The van der Waals surface area contributed by atoms with Crippen LogP contribution in [0.1, 0.15) is 12.8 Å². The lowest BCUT2D eigenvalue weighted by atomic mass is 10.3. The van der Waals surface area contributed by atoms with Crippen molar-refractivity contribution in [3.8, 4) is 6.07 Å². The smallest absolute Gasteiger partial charge is 0.310 e. The molecule has 0 atom stereocenters. The molecular formula is C9H15N3O3. The standard InChI is InChI=1S/C9H15N3O3/c1-15-7-3-2-5-11-8(13)9(14)12-6-4-10/h2-3,5-7H2,1H3,(H,11,13)(H,12,14). The van der Waals surface area contributed by atoms with Crippen molar-refractivity contribution in [3.05, 3.63) is 0 Å². The lowest BCUT2D eigenvalue weighted by Gasteiger charge is -2.03. The Labute approximate surface area is 88.6 Å². The fourth-order valence-corrected chi connectivity index (χ4v) is 0.854. The van der Waals surface area contributed by atoms with Crippen molar-refractivity contribution in [3.63, 3.8) is 0 Å². The van der Waals surface area contributed by atoms with Gasteiger partial charge in [-0.25, -0.2) is 0 Å². The summed E-state index contributed by atoms with van der Waals surface area (Å²) in [5.41, 5.74) is 0. The van der Waals surface area contributed by atoms with Crippen molar-refractivity contribution in [2.24, 2.45) is 0 Å². The van der Waals surface area contributed by atoms with E-state index in [0.717, 1.165) is 12.8 Å². The van der Waals surface area contributed by atoms with E-state index in [1.165, 1.54) is 0 Å². The average Bonchev–Trinajstić information content (AvgIpc) is 2.25. The second-order valence-electron chi connectivity index (χ2n) is 2.80. The lowest BCUT2D eigenvalue weighted by Crippen LogP contribution is -2.40. The summed E-state index contributed by atoms with van der Waals surface area (Å²) in [6, 6.07) is 1.71. The van der Waals surface area contributed by atoms with Gasteiger partial charge in [0.25, 0.3) is 0 Å². The Balaban J connectivity index is 3.48. The van der Waals surface area contributed by atoms with Gasteiger partial charge in [-0.2, -0.15) is 5.26 Å². The first-order chi connectivity index (χ1) is 7.22. The second-order valence-corrected chi connectivity index (χ2v) is 2.80. The number of nitrogens with one attached hydrogen (secondary N) is 2. The Morgan fingerprint density at radius 3 is 2.53 bits per heavy atom. The quantitative estimate of drug-likeness (QED) is 0.342. The molecule has 6 nitrogen and oxygen atoms in total. The Bertz CT molecular complexity index is 247. The lowest BCUT2D eigenvalue weighted by molar-refractivity contribution is -0.139. The molecule has 0 aliphatic carbocycles. The first-order valence-corrected chi connectivity index (χ1v) is 4.64. The zero-order chi connectivity index (χ0) is 11.5. The fourth-order valence-electron chi connectivity index (χ4n) is 0.854. The molecule has 0 radical (unpaired) electrons. The number of amides is 2. The van der Waals surface area contributed by atoms with E-state index in [1.807, 2.05) is 0 Å². The number of hydrogen-bond donors (Lipinski definition) is 2. The van der Waals surface area contributed by atoms with E-state index in [0.29, 0.717) is 13.2 Å². The van der Waals surface area contributed by atoms with Gasteiger partial charge in [-0.05, 0) is 12.8 Å². The fraction of sp³-hybridized carbons (Fsp3) is 0.667. The molecule has 0 heterocycles. The van der Waals surface area contributed by atoms with E-state index in [4.69, 9.17) is 10.00 Å². The molecule has 84 valence electrons. The van der Waals surface area contributed by atoms with Crippen LogP contribution >= 0.6 is 0 Å². The van der Waals surface area contributed by atoms with Crippen LogP contribution in [-0.2, 0) is 14.3 Å². The molecule has 0 saturated carbocycles. The molecule has 15 heavy (non-hydrogen) atoms. The van der Waals surface area contributed by atoms with Crippen molar-refractivity contribution in [2.45, 2.75) is 12.8 Å². The zero-order valence-electron chi connectivity index (χ0n) is 8.71. The molecule has 6 heteroatoms. The molecule has 0 aliphatic rings. The third kappa shape index (κ3) is 7.46. The van der Waals surface area contributed by atoms with Crippen molar-refractivity contribution in [2.75, 3.05) is 26.8 Å². The number of methoxy groups -OCH3 is 1. The highest BCUT2D eigenvalue weighted by molar-refractivity contribution is 6.35. The minimum Gasteiger partial charge on any atom is -0.385 e. The first-order valence-electron chi connectivity index (χ1n) is 4.64. The highest BCUT2D eigenvalue weighted by Crippen LogP contribution is 1.86. The molecule has 0 aromatic carbocycles. The van der Waals surface area contributed by atoms with Gasteiger partial charge in [-0.1, -0.05) is 0 Å².